The molecule has 0 spiro atoms. The van der Waals surface area contributed by atoms with Crippen molar-refractivity contribution in [3.63, 3.8) is 0 Å². The van der Waals surface area contributed by atoms with Crippen LogP contribution in [0.5, 0.6) is 0 Å². The van der Waals surface area contributed by atoms with Crippen molar-refractivity contribution >= 4 is 16.9 Å². The highest BCUT2D eigenvalue weighted by Crippen LogP contribution is 2.34. The van der Waals surface area contributed by atoms with E-state index in [9.17, 15) is 4.39 Å². The number of methoxy groups -OCH3 is 1. The van der Waals surface area contributed by atoms with E-state index >= 15 is 0 Å². The molecule has 1 saturated heterocycles. The number of rotatable bonds is 4. The Kier molecular flexibility index (Phi) is 4.42. The minimum atomic E-state index is -0.277. The average Bonchev–Trinajstić information content (AvgIpc) is 3.35. The van der Waals surface area contributed by atoms with Crippen molar-refractivity contribution < 1.29 is 9.13 Å². The summed E-state index contributed by atoms with van der Waals surface area (Å²) in [7, 11) is 1.75. The lowest BCUT2D eigenvalue weighted by Crippen LogP contribution is -2.48. The SMILES string of the molecule is COC1CC2NNCC2CC1Nc1ncnc2n[nH]c(-c3ccc(F)cc3)c12. The van der Waals surface area contributed by atoms with E-state index in [0.717, 1.165) is 36.0 Å². The third-order valence-electron chi connectivity index (χ3n) is 5.82. The van der Waals surface area contributed by atoms with E-state index in [1.807, 2.05) is 0 Å². The Hall–Kier alpha value is -2.62. The quantitative estimate of drug-likeness (QED) is 0.546. The zero-order chi connectivity index (χ0) is 19.1. The van der Waals surface area contributed by atoms with Crippen LogP contribution in [-0.2, 0) is 4.74 Å². The molecule has 9 heteroatoms. The van der Waals surface area contributed by atoms with Crippen LogP contribution in [-0.4, -0.2) is 52.0 Å². The molecule has 28 heavy (non-hydrogen) atoms. The normalized spacial score (nSPS) is 27.1. The third kappa shape index (κ3) is 3.01. The van der Waals surface area contributed by atoms with Crippen molar-refractivity contribution in [3.05, 3.63) is 36.4 Å². The summed E-state index contributed by atoms with van der Waals surface area (Å²) in [5, 5.41) is 11.7. The molecule has 5 rings (SSSR count). The highest BCUT2D eigenvalue weighted by Gasteiger charge is 2.40. The first-order chi connectivity index (χ1) is 13.7. The Balaban J connectivity index is 1.50. The van der Waals surface area contributed by atoms with Gasteiger partial charge in [-0.2, -0.15) is 5.10 Å². The first-order valence-corrected chi connectivity index (χ1v) is 9.45. The zero-order valence-corrected chi connectivity index (χ0v) is 15.4. The number of anilines is 1. The fourth-order valence-corrected chi connectivity index (χ4v) is 4.35. The molecule has 0 radical (unpaired) electrons. The molecule has 146 valence electrons. The summed E-state index contributed by atoms with van der Waals surface area (Å²) >= 11 is 0. The van der Waals surface area contributed by atoms with E-state index in [4.69, 9.17) is 4.74 Å². The number of nitrogens with zero attached hydrogens (tertiary/aromatic N) is 3. The molecule has 0 bridgehead atoms. The van der Waals surface area contributed by atoms with Crippen molar-refractivity contribution in [2.24, 2.45) is 5.92 Å². The molecule has 3 aromatic rings. The van der Waals surface area contributed by atoms with Gasteiger partial charge in [-0.15, -0.1) is 0 Å². The van der Waals surface area contributed by atoms with E-state index in [-0.39, 0.29) is 18.0 Å². The molecule has 2 fully saturated rings. The minimum absolute atomic E-state index is 0.0693. The van der Waals surface area contributed by atoms with Crippen LogP contribution in [0.3, 0.4) is 0 Å². The third-order valence-corrected chi connectivity index (χ3v) is 5.82. The Morgan fingerprint density at radius 2 is 2.04 bits per heavy atom. The second-order valence-electron chi connectivity index (χ2n) is 7.41. The topological polar surface area (TPSA) is 99.8 Å². The summed E-state index contributed by atoms with van der Waals surface area (Å²) in [5.74, 6) is 0.977. The number of halogens is 1. The predicted molar refractivity (Wildman–Crippen MR) is 103 cm³/mol. The lowest BCUT2D eigenvalue weighted by Gasteiger charge is -2.37. The van der Waals surface area contributed by atoms with E-state index < -0.39 is 0 Å². The second-order valence-corrected chi connectivity index (χ2v) is 7.41. The number of hydrogen-bond acceptors (Lipinski definition) is 7. The average molecular weight is 383 g/mol. The molecule has 1 aliphatic carbocycles. The molecule has 2 aliphatic rings. The summed E-state index contributed by atoms with van der Waals surface area (Å²) in [4.78, 5) is 8.76. The summed E-state index contributed by atoms with van der Waals surface area (Å²) in [6.45, 7) is 0.949. The zero-order valence-electron chi connectivity index (χ0n) is 15.4. The fourth-order valence-electron chi connectivity index (χ4n) is 4.35. The molecule has 1 saturated carbocycles. The number of aromatic amines is 1. The van der Waals surface area contributed by atoms with Crippen LogP contribution in [0.2, 0.25) is 0 Å². The largest absolute Gasteiger partial charge is 0.379 e. The first-order valence-electron chi connectivity index (χ1n) is 9.45. The molecule has 1 aliphatic heterocycles. The van der Waals surface area contributed by atoms with Crippen molar-refractivity contribution in [3.8, 4) is 11.3 Å². The smallest absolute Gasteiger partial charge is 0.186 e. The number of fused-ring (bicyclic) bond motifs is 2. The predicted octanol–water partition coefficient (Wildman–Crippen LogP) is 1.84. The standard InChI is InChI=1S/C19H22FN7O/c1-28-15-7-13-11(8-23-25-13)6-14(15)24-18-16-17(10-2-4-12(20)5-3-10)26-27-19(16)22-9-21-18/h2-5,9,11,13-15,23,25H,6-8H2,1H3,(H2,21,22,24,26,27). The van der Waals surface area contributed by atoms with Crippen LogP contribution in [0.15, 0.2) is 30.6 Å². The van der Waals surface area contributed by atoms with Crippen molar-refractivity contribution in [1.29, 1.82) is 0 Å². The Bertz CT molecular complexity index is 976. The van der Waals surface area contributed by atoms with Gasteiger partial charge in [-0.05, 0) is 43.0 Å². The number of ether oxygens (including phenoxy) is 1. The molecule has 4 unspecified atom stereocenters. The summed E-state index contributed by atoms with van der Waals surface area (Å²) < 4.78 is 19.1. The Morgan fingerprint density at radius 3 is 2.86 bits per heavy atom. The highest BCUT2D eigenvalue weighted by molar-refractivity contribution is 5.98. The van der Waals surface area contributed by atoms with Gasteiger partial charge >= 0.3 is 0 Å². The van der Waals surface area contributed by atoms with Crippen LogP contribution < -0.4 is 16.2 Å². The first kappa shape index (κ1) is 17.5. The number of hydrogen-bond donors (Lipinski definition) is 4. The fraction of sp³-hybridized carbons (Fsp3) is 0.421. The Labute approximate surface area is 161 Å². The highest BCUT2D eigenvalue weighted by atomic mass is 19.1. The number of nitrogens with one attached hydrogen (secondary N) is 4. The van der Waals surface area contributed by atoms with E-state index in [1.165, 1.54) is 18.5 Å². The van der Waals surface area contributed by atoms with Gasteiger partial charge in [-0.1, -0.05) is 0 Å². The lowest BCUT2D eigenvalue weighted by atomic mass is 9.81. The molecule has 8 nitrogen and oxygen atoms in total. The van der Waals surface area contributed by atoms with Crippen LogP contribution in [0.1, 0.15) is 12.8 Å². The van der Waals surface area contributed by atoms with Gasteiger partial charge in [0, 0.05) is 25.3 Å². The van der Waals surface area contributed by atoms with Gasteiger partial charge in [-0.25, -0.2) is 14.4 Å². The summed E-state index contributed by atoms with van der Waals surface area (Å²) in [6.07, 6.45) is 3.47. The van der Waals surface area contributed by atoms with E-state index in [2.05, 4.69) is 36.3 Å². The summed E-state index contributed by atoms with van der Waals surface area (Å²) in [6, 6.07) is 6.86. The van der Waals surface area contributed by atoms with Gasteiger partial charge in [0.05, 0.1) is 23.2 Å². The van der Waals surface area contributed by atoms with Crippen molar-refractivity contribution in [2.45, 2.75) is 31.0 Å². The molecule has 4 atom stereocenters. The maximum atomic E-state index is 13.3. The van der Waals surface area contributed by atoms with Gasteiger partial charge in [0.15, 0.2) is 5.65 Å². The molecule has 4 N–H and O–H groups in total. The molecular weight excluding hydrogens is 361 g/mol. The maximum Gasteiger partial charge on any atom is 0.186 e. The van der Waals surface area contributed by atoms with Crippen LogP contribution in [0.25, 0.3) is 22.3 Å². The lowest BCUT2D eigenvalue weighted by molar-refractivity contribution is 0.0402. The molecule has 2 aromatic heterocycles. The number of hydrazine groups is 1. The molecule has 0 amide bonds. The number of H-pyrrole nitrogens is 1. The molecule has 3 heterocycles. The molecule has 1 aromatic carbocycles. The van der Waals surface area contributed by atoms with Crippen LogP contribution in [0.4, 0.5) is 10.2 Å². The molecular formula is C19H22FN7O. The van der Waals surface area contributed by atoms with Crippen LogP contribution >= 0.6 is 0 Å². The Morgan fingerprint density at radius 1 is 1.18 bits per heavy atom. The van der Waals surface area contributed by atoms with E-state index in [1.54, 1.807) is 19.2 Å². The van der Waals surface area contributed by atoms with Crippen molar-refractivity contribution in [1.82, 2.24) is 31.0 Å². The van der Waals surface area contributed by atoms with Gasteiger partial charge in [-0.3, -0.25) is 16.0 Å². The maximum absolute atomic E-state index is 13.3. The summed E-state index contributed by atoms with van der Waals surface area (Å²) in [5.41, 5.74) is 8.76. The second kappa shape index (κ2) is 7.08. The van der Waals surface area contributed by atoms with Gasteiger partial charge in [0.1, 0.15) is 18.0 Å². The van der Waals surface area contributed by atoms with Gasteiger partial charge < -0.3 is 10.1 Å². The number of aromatic nitrogens is 4. The van der Waals surface area contributed by atoms with Gasteiger partial charge in [0.25, 0.3) is 0 Å². The number of benzene rings is 1. The monoisotopic (exact) mass is 383 g/mol. The van der Waals surface area contributed by atoms with Gasteiger partial charge in [0.2, 0.25) is 0 Å². The van der Waals surface area contributed by atoms with Crippen molar-refractivity contribution in [2.75, 3.05) is 19.0 Å². The minimum Gasteiger partial charge on any atom is -0.379 e. The van der Waals surface area contributed by atoms with E-state index in [0.29, 0.717) is 23.4 Å². The van der Waals surface area contributed by atoms with Crippen LogP contribution in [0, 0.1) is 11.7 Å².